The van der Waals surface area contributed by atoms with Gasteiger partial charge in [-0.15, -0.1) is 0 Å². The Kier molecular flexibility index (Phi) is 53.4. The summed E-state index contributed by atoms with van der Waals surface area (Å²) >= 11 is 0. The highest BCUT2D eigenvalue weighted by atomic mass is 31.2. The summed E-state index contributed by atoms with van der Waals surface area (Å²) in [7, 11) is -9.88. The smallest absolute Gasteiger partial charge is 0.462 e. The summed E-state index contributed by atoms with van der Waals surface area (Å²) in [6, 6.07) is 0. The maximum Gasteiger partial charge on any atom is 0.472 e. The second kappa shape index (κ2) is 54.7. The fourth-order valence-electron chi connectivity index (χ4n) is 9.18. The SMILES string of the molecule is CCCCCCCCCCCCCCCC(=O)O[C@H](COC(=O)CCCCCCCCCCCC(C)C)COP(=O)(O)OC[C@@H](O)COP(=O)(O)OC[C@@H](COC(=O)CCCCCCC)OC(=O)CCCCCCCCCCC(C)C. The van der Waals surface area contributed by atoms with Crippen molar-refractivity contribution in [3.8, 4) is 0 Å². The first kappa shape index (κ1) is 79.1. The van der Waals surface area contributed by atoms with E-state index in [0.29, 0.717) is 25.7 Å². The molecule has 5 atom stereocenters. The second-order valence-corrected chi connectivity index (χ2v) is 26.3. The molecule has 0 aromatic carbocycles. The second-order valence-electron chi connectivity index (χ2n) is 23.4. The molecule has 19 heteroatoms. The van der Waals surface area contributed by atoms with Crippen LogP contribution in [-0.4, -0.2) is 96.7 Å². The lowest BCUT2D eigenvalue weighted by molar-refractivity contribution is -0.161. The molecule has 480 valence electrons. The quantitative estimate of drug-likeness (QED) is 0.0222. The summed E-state index contributed by atoms with van der Waals surface area (Å²) in [5, 5.41) is 10.5. The van der Waals surface area contributed by atoms with Gasteiger partial charge in [0.25, 0.3) is 0 Å². The number of esters is 4. The van der Waals surface area contributed by atoms with Crippen LogP contribution in [0.15, 0.2) is 0 Å². The molecule has 0 saturated heterocycles. The van der Waals surface area contributed by atoms with Crippen LogP contribution in [0.25, 0.3) is 0 Å². The highest BCUT2D eigenvalue weighted by Crippen LogP contribution is 2.45. The molecule has 0 radical (unpaired) electrons. The number of aliphatic hydroxyl groups is 1. The molecule has 0 aromatic rings. The molecule has 17 nitrogen and oxygen atoms in total. The fraction of sp³-hybridized carbons (Fsp3) is 0.935. The van der Waals surface area contributed by atoms with Crippen molar-refractivity contribution in [3.63, 3.8) is 0 Å². The topological polar surface area (TPSA) is 237 Å². The standard InChI is InChI=1S/C62H120O17P2/c1-7-9-11-13-14-15-16-17-18-21-28-34-40-46-61(66)79-58(51-73-60(65)45-39-33-27-22-19-20-25-31-36-42-54(3)4)53-77-81(70,71)75-49-56(63)48-74-80(68,69)76-52-57(50-72-59(64)44-38-30-12-10-8-2)78-62(67)47-41-35-29-24-23-26-32-37-43-55(5)6/h54-58,63H,7-53H2,1-6H3,(H,68,69)(H,70,71)/t56-,57+,58+/m0/s1. The molecule has 0 rings (SSSR count). The first-order chi connectivity index (χ1) is 38.9. The van der Waals surface area contributed by atoms with Crippen LogP contribution in [0, 0.1) is 11.8 Å². The van der Waals surface area contributed by atoms with E-state index in [1.807, 2.05) is 0 Å². The molecule has 0 aliphatic heterocycles. The third kappa shape index (κ3) is 56.9. The Morgan fingerprint density at radius 1 is 0.333 bits per heavy atom. The molecule has 3 N–H and O–H groups in total. The molecule has 0 fully saturated rings. The zero-order chi connectivity index (χ0) is 60.1. The lowest BCUT2D eigenvalue weighted by Gasteiger charge is -2.21. The van der Waals surface area contributed by atoms with Crippen molar-refractivity contribution in [3.05, 3.63) is 0 Å². The summed E-state index contributed by atoms with van der Waals surface area (Å²) < 4.78 is 67.7. The van der Waals surface area contributed by atoms with Gasteiger partial charge in [0.2, 0.25) is 0 Å². The van der Waals surface area contributed by atoms with Gasteiger partial charge in [-0.2, -0.15) is 0 Å². The fourth-order valence-corrected chi connectivity index (χ4v) is 10.8. The molecule has 0 bridgehead atoms. The lowest BCUT2D eigenvalue weighted by Crippen LogP contribution is -2.30. The Balaban J connectivity index is 5.19. The van der Waals surface area contributed by atoms with Gasteiger partial charge in [0.1, 0.15) is 19.3 Å². The van der Waals surface area contributed by atoms with Crippen molar-refractivity contribution in [2.75, 3.05) is 39.6 Å². The zero-order valence-corrected chi connectivity index (χ0v) is 53.9. The van der Waals surface area contributed by atoms with Crippen LogP contribution < -0.4 is 0 Å². The number of hydrogen-bond acceptors (Lipinski definition) is 15. The highest BCUT2D eigenvalue weighted by Gasteiger charge is 2.30. The van der Waals surface area contributed by atoms with Gasteiger partial charge in [-0.05, 0) is 37.5 Å². The van der Waals surface area contributed by atoms with Gasteiger partial charge in [0.15, 0.2) is 12.2 Å². The van der Waals surface area contributed by atoms with E-state index >= 15 is 0 Å². The number of aliphatic hydroxyl groups excluding tert-OH is 1. The van der Waals surface area contributed by atoms with Crippen LogP contribution in [-0.2, 0) is 65.4 Å². The number of phosphoric ester groups is 2. The van der Waals surface area contributed by atoms with E-state index in [9.17, 15) is 43.2 Å². The molecule has 0 heterocycles. The average Bonchev–Trinajstić information content (AvgIpc) is 3.42. The van der Waals surface area contributed by atoms with E-state index in [1.165, 1.54) is 116 Å². The molecule has 2 unspecified atom stereocenters. The minimum absolute atomic E-state index is 0.103. The molecule has 0 amide bonds. The average molecular weight is 1200 g/mol. The Bertz CT molecular complexity index is 1600. The maximum absolute atomic E-state index is 12.9. The molecular formula is C62H120O17P2. The molecule has 0 aromatic heterocycles. The maximum atomic E-state index is 12.9. The van der Waals surface area contributed by atoms with Crippen molar-refractivity contribution in [2.45, 2.75) is 323 Å². The number of phosphoric acid groups is 2. The number of hydrogen-bond donors (Lipinski definition) is 3. The molecule has 0 saturated carbocycles. The van der Waals surface area contributed by atoms with E-state index < -0.39 is 97.5 Å². The van der Waals surface area contributed by atoms with Crippen LogP contribution in [0.3, 0.4) is 0 Å². The third-order valence-electron chi connectivity index (χ3n) is 14.2. The molecule has 81 heavy (non-hydrogen) atoms. The predicted molar refractivity (Wildman–Crippen MR) is 321 cm³/mol. The molecule has 0 aliphatic rings. The van der Waals surface area contributed by atoms with Crippen LogP contribution in [0.4, 0.5) is 0 Å². The molecular weight excluding hydrogens is 1080 g/mol. The number of carbonyl (C=O) groups is 4. The Labute approximate surface area is 492 Å². The van der Waals surface area contributed by atoms with Crippen LogP contribution in [0.5, 0.6) is 0 Å². The van der Waals surface area contributed by atoms with Crippen molar-refractivity contribution in [1.29, 1.82) is 0 Å². The monoisotopic (exact) mass is 1200 g/mol. The molecule has 0 spiro atoms. The normalized spacial score (nSPS) is 14.4. The van der Waals surface area contributed by atoms with Crippen molar-refractivity contribution in [1.82, 2.24) is 0 Å². The zero-order valence-electron chi connectivity index (χ0n) is 52.1. The Morgan fingerprint density at radius 2 is 0.568 bits per heavy atom. The van der Waals surface area contributed by atoms with Crippen molar-refractivity contribution < 1.29 is 80.2 Å². The van der Waals surface area contributed by atoms with E-state index in [-0.39, 0.29) is 25.7 Å². The first-order valence-electron chi connectivity index (χ1n) is 32.5. The number of ether oxygens (including phenoxy) is 4. The molecule has 0 aliphatic carbocycles. The third-order valence-corrected chi connectivity index (χ3v) is 16.1. The van der Waals surface area contributed by atoms with Gasteiger partial charge in [-0.25, -0.2) is 9.13 Å². The summed E-state index contributed by atoms with van der Waals surface area (Å²) in [5.74, 6) is -0.685. The van der Waals surface area contributed by atoms with Gasteiger partial charge >= 0.3 is 39.5 Å². The van der Waals surface area contributed by atoms with Crippen LogP contribution in [0.2, 0.25) is 0 Å². The Hall–Kier alpha value is -1.94. The van der Waals surface area contributed by atoms with Crippen LogP contribution >= 0.6 is 15.6 Å². The van der Waals surface area contributed by atoms with Gasteiger partial charge in [-0.3, -0.25) is 37.3 Å². The summed E-state index contributed by atoms with van der Waals surface area (Å²) in [4.78, 5) is 71.9. The van der Waals surface area contributed by atoms with Gasteiger partial charge in [0.05, 0.1) is 26.4 Å². The summed E-state index contributed by atoms with van der Waals surface area (Å²) in [6.07, 6.45) is 36.5. The minimum atomic E-state index is -4.94. The van der Waals surface area contributed by atoms with Crippen molar-refractivity contribution >= 4 is 39.5 Å². The summed E-state index contributed by atoms with van der Waals surface area (Å²) in [6.45, 7) is 9.33. The minimum Gasteiger partial charge on any atom is -0.462 e. The van der Waals surface area contributed by atoms with Crippen molar-refractivity contribution in [2.24, 2.45) is 11.8 Å². The largest absolute Gasteiger partial charge is 0.472 e. The predicted octanol–water partition coefficient (Wildman–Crippen LogP) is 16.9. The van der Waals surface area contributed by atoms with E-state index in [2.05, 4.69) is 41.5 Å². The Morgan fingerprint density at radius 3 is 0.840 bits per heavy atom. The summed E-state index contributed by atoms with van der Waals surface area (Å²) in [5.41, 5.74) is 0. The first-order valence-corrected chi connectivity index (χ1v) is 35.5. The number of unbranched alkanes of at least 4 members (excludes halogenated alkanes) is 31. The lowest BCUT2D eigenvalue weighted by atomic mass is 10.0. The van der Waals surface area contributed by atoms with Gasteiger partial charge in [-0.1, -0.05) is 253 Å². The van der Waals surface area contributed by atoms with E-state index in [1.54, 1.807) is 0 Å². The van der Waals surface area contributed by atoms with E-state index in [0.717, 1.165) is 108 Å². The van der Waals surface area contributed by atoms with Gasteiger partial charge < -0.3 is 33.8 Å². The number of rotatable bonds is 61. The highest BCUT2D eigenvalue weighted by molar-refractivity contribution is 7.47. The number of carbonyl (C=O) groups excluding carboxylic acids is 4. The van der Waals surface area contributed by atoms with Gasteiger partial charge in [0, 0.05) is 25.7 Å². The van der Waals surface area contributed by atoms with E-state index in [4.69, 9.17) is 37.0 Å². The van der Waals surface area contributed by atoms with Crippen LogP contribution in [0.1, 0.15) is 305 Å².